The SMILES string of the molecule is CN(C(=O)c1ccc(NCC2CC2)nc1)c1ccc2ncccc2c1. The molecule has 0 spiro atoms. The molecule has 2 heterocycles. The second kappa shape index (κ2) is 6.51. The number of amides is 1. The highest BCUT2D eigenvalue weighted by Crippen LogP contribution is 2.28. The highest BCUT2D eigenvalue weighted by Gasteiger charge is 2.21. The van der Waals surface area contributed by atoms with Gasteiger partial charge in [0.15, 0.2) is 0 Å². The quantitative estimate of drug-likeness (QED) is 0.773. The van der Waals surface area contributed by atoms with Crippen LogP contribution in [0.4, 0.5) is 11.5 Å². The molecular weight excluding hydrogens is 312 g/mol. The van der Waals surface area contributed by atoms with Crippen molar-refractivity contribution < 1.29 is 4.79 Å². The maximum atomic E-state index is 12.7. The first kappa shape index (κ1) is 15.6. The third kappa shape index (κ3) is 3.45. The molecule has 0 saturated heterocycles. The van der Waals surface area contributed by atoms with Crippen molar-refractivity contribution in [2.24, 2.45) is 5.92 Å². The summed E-state index contributed by atoms with van der Waals surface area (Å²) in [5, 5.41) is 4.32. The molecule has 5 heteroatoms. The molecule has 0 bridgehead atoms. The van der Waals surface area contributed by atoms with E-state index < -0.39 is 0 Å². The second-order valence-electron chi connectivity index (χ2n) is 6.50. The van der Waals surface area contributed by atoms with Gasteiger partial charge < -0.3 is 10.2 Å². The van der Waals surface area contributed by atoms with Crippen molar-refractivity contribution in [3.8, 4) is 0 Å². The lowest BCUT2D eigenvalue weighted by molar-refractivity contribution is 0.0992. The molecule has 5 nitrogen and oxygen atoms in total. The van der Waals surface area contributed by atoms with Crippen LogP contribution in [0, 0.1) is 5.92 Å². The number of nitrogens with one attached hydrogen (secondary N) is 1. The van der Waals surface area contributed by atoms with Crippen LogP contribution in [0.25, 0.3) is 10.9 Å². The summed E-state index contributed by atoms with van der Waals surface area (Å²) in [4.78, 5) is 23.0. The molecule has 1 saturated carbocycles. The Balaban J connectivity index is 1.49. The molecule has 25 heavy (non-hydrogen) atoms. The van der Waals surface area contributed by atoms with Crippen molar-refractivity contribution in [2.75, 3.05) is 23.8 Å². The Labute approximate surface area is 146 Å². The van der Waals surface area contributed by atoms with Gasteiger partial charge in [0.1, 0.15) is 5.82 Å². The third-order valence-corrected chi connectivity index (χ3v) is 4.56. The first-order valence-corrected chi connectivity index (χ1v) is 8.53. The van der Waals surface area contributed by atoms with Crippen LogP contribution >= 0.6 is 0 Å². The van der Waals surface area contributed by atoms with Gasteiger partial charge >= 0.3 is 0 Å². The average Bonchev–Trinajstić information content (AvgIpc) is 3.50. The molecule has 1 fully saturated rings. The van der Waals surface area contributed by atoms with Crippen LogP contribution in [-0.2, 0) is 0 Å². The maximum Gasteiger partial charge on any atom is 0.259 e. The minimum absolute atomic E-state index is 0.0792. The van der Waals surface area contributed by atoms with E-state index in [1.807, 2.05) is 42.5 Å². The summed E-state index contributed by atoms with van der Waals surface area (Å²) in [6, 6.07) is 13.4. The van der Waals surface area contributed by atoms with E-state index in [4.69, 9.17) is 0 Å². The lowest BCUT2D eigenvalue weighted by Gasteiger charge is -2.18. The normalized spacial score (nSPS) is 13.6. The zero-order chi connectivity index (χ0) is 17.2. The highest BCUT2D eigenvalue weighted by atomic mass is 16.2. The van der Waals surface area contributed by atoms with E-state index in [2.05, 4.69) is 15.3 Å². The summed E-state index contributed by atoms with van der Waals surface area (Å²) in [6.45, 7) is 0.964. The standard InChI is InChI=1S/C20H20N4O/c1-24(17-7-8-18-15(11-17)3-2-10-21-18)20(25)16-6-9-19(23-13-16)22-12-14-4-5-14/h2-3,6-11,13-14H,4-5,12H2,1H3,(H,22,23). The van der Waals surface area contributed by atoms with Crippen molar-refractivity contribution in [3.63, 3.8) is 0 Å². The van der Waals surface area contributed by atoms with Gasteiger partial charge in [0, 0.05) is 37.1 Å². The summed E-state index contributed by atoms with van der Waals surface area (Å²) in [7, 11) is 1.78. The predicted octanol–water partition coefficient (Wildman–Crippen LogP) is 3.73. The number of rotatable bonds is 5. The molecule has 1 aliphatic rings. The molecule has 1 aliphatic carbocycles. The van der Waals surface area contributed by atoms with Crippen molar-refractivity contribution in [1.29, 1.82) is 0 Å². The molecule has 2 aromatic heterocycles. The van der Waals surface area contributed by atoms with Crippen LogP contribution in [-0.4, -0.2) is 29.5 Å². The van der Waals surface area contributed by atoms with E-state index in [9.17, 15) is 4.79 Å². The van der Waals surface area contributed by atoms with Gasteiger partial charge in [-0.05, 0) is 55.2 Å². The molecule has 3 aromatic rings. The minimum atomic E-state index is -0.0792. The van der Waals surface area contributed by atoms with E-state index in [-0.39, 0.29) is 5.91 Å². The number of carbonyl (C=O) groups is 1. The average molecular weight is 332 g/mol. The van der Waals surface area contributed by atoms with Crippen molar-refractivity contribution in [2.45, 2.75) is 12.8 Å². The molecule has 126 valence electrons. The van der Waals surface area contributed by atoms with Gasteiger partial charge in [-0.3, -0.25) is 9.78 Å². The smallest absolute Gasteiger partial charge is 0.259 e. The zero-order valence-corrected chi connectivity index (χ0v) is 14.1. The highest BCUT2D eigenvalue weighted by molar-refractivity contribution is 6.06. The Bertz CT molecular complexity index is 903. The van der Waals surface area contributed by atoms with Gasteiger partial charge in [-0.15, -0.1) is 0 Å². The molecule has 0 radical (unpaired) electrons. The number of carbonyl (C=O) groups excluding carboxylic acids is 1. The van der Waals surface area contributed by atoms with E-state index in [1.54, 1.807) is 24.3 Å². The van der Waals surface area contributed by atoms with Gasteiger partial charge in [-0.2, -0.15) is 0 Å². The number of nitrogens with zero attached hydrogens (tertiary/aromatic N) is 3. The van der Waals surface area contributed by atoms with Gasteiger partial charge in [0.05, 0.1) is 11.1 Å². The predicted molar refractivity (Wildman–Crippen MR) is 99.9 cm³/mol. The van der Waals surface area contributed by atoms with Gasteiger partial charge in [0.25, 0.3) is 5.91 Å². The fraction of sp³-hybridized carbons (Fsp3) is 0.250. The lowest BCUT2D eigenvalue weighted by atomic mass is 10.1. The maximum absolute atomic E-state index is 12.7. The Hall–Kier alpha value is -2.95. The number of hydrogen-bond acceptors (Lipinski definition) is 4. The Morgan fingerprint density at radius 3 is 2.84 bits per heavy atom. The second-order valence-corrected chi connectivity index (χ2v) is 6.50. The van der Waals surface area contributed by atoms with Gasteiger partial charge in [-0.1, -0.05) is 6.07 Å². The summed E-state index contributed by atoms with van der Waals surface area (Å²) in [5.41, 5.74) is 2.33. The molecule has 0 atom stereocenters. The van der Waals surface area contributed by atoms with Crippen LogP contribution in [0.3, 0.4) is 0 Å². The van der Waals surface area contributed by atoms with Crippen LogP contribution in [0.1, 0.15) is 23.2 Å². The summed E-state index contributed by atoms with van der Waals surface area (Å²) >= 11 is 0. The number of benzene rings is 1. The van der Waals surface area contributed by atoms with Crippen LogP contribution in [0.2, 0.25) is 0 Å². The zero-order valence-electron chi connectivity index (χ0n) is 14.1. The number of fused-ring (bicyclic) bond motifs is 1. The van der Waals surface area contributed by atoms with E-state index >= 15 is 0 Å². The van der Waals surface area contributed by atoms with E-state index in [0.29, 0.717) is 5.56 Å². The molecule has 1 amide bonds. The molecule has 4 rings (SSSR count). The van der Waals surface area contributed by atoms with Gasteiger partial charge in [0.2, 0.25) is 0 Å². The van der Waals surface area contributed by atoms with E-state index in [0.717, 1.165) is 34.9 Å². The number of hydrogen-bond donors (Lipinski definition) is 1. The Kier molecular flexibility index (Phi) is 4.06. The fourth-order valence-electron chi connectivity index (χ4n) is 2.78. The summed E-state index contributed by atoms with van der Waals surface area (Å²) < 4.78 is 0. The van der Waals surface area contributed by atoms with Crippen LogP contribution < -0.4 is 10.2 Å². The van der Waals surface area contributed by atoms with Crippen LogP contribution in [0.15, 0.2) is 54.9 Å². The summed E-state index contributed by atoms with van der Waals surface area (Å²) in [6.07, 6.45) is 6.00. The third-order valence-electron chi connectivity index (χ3n) is 4.56. The first-order valence-electron chi connectivity index (χ1n) is 8.53. The van der Waals surface area contributed by atoms with Gasteiger partial charge in [-0.25, -0.2) is 4.98 Å². The van der Waals surface area contributed by atoms with Crippen molar-refractivity contribution in [1.82, 2.24) is 9.97 Å². The van der Waals surface area contributed by atoms with E-state index in [1.165, 1.54) is 12.8 Å². The monoisotopic (exact) mass is 332 g/mol. The van der Waals surface area contributed by atoms with Crippen molar-refractivity contribution in [3.05, 3.63) is 60.4 Å². The minimum Gasteiger partial charge on any atom is -0.370 e. The van der Waals surface area contributed by atoms with Crippen molar-refractivity contribution >= 4 is 28.3 Å². The largest absolute Gasteiger partial charge is 0.370 e. The molecule has 1 aromatic carbocycles. The first-order chi connectivity index (χ1) is 12.2. The number of pyridine rings is 2. The summed E-state index contributed by atoms with van der Waals surface area (Å²) in [5.74, 6) is 1.53. The molecule has 1 N–H and O–H groups in total. The van der Waals surface area contributed by atoms with Crippen LogP contribution in [0.5, 0.6) is 0 Å². The topological polar surface area (TPSA) is 58.1 Å². The fourth-order valence-corrected chi connectivity index (χ4v) is 2.78. The number of anilines is 2. The Morgan fingerprint density at radius 1 is 1.20 bits per heavy atom. The molecule has 0 unspecified atom stereocenters. The number of aromatic nitrogens is 2. The lowest BCUT2D eigenvalue weighted by Crippen LogP contribution is -2.26. The Morgan fingerprint density at radius 2 is 2.08 bits per heavy atom. The molecular formula is C20H20N4O. The molecule has 0 aliphatic heterocycles.